The van der Waals surface area contributed by atoms with Crippen molar-refractivity contribution < 1.29 is 44.6 Å². The van der Waals surface area contributed by atoms with Crippen molar-refractivity contribution in [2.24, 2.45) is 92.7 Å². The smallest absolute Gasteiger partial charge is 0.331 e. The minimum Gasteiger partial charge on any atom is -0.454 e. The van der Waals surface area contributed by atoms with Gasteiger partial charge in [-0.05, 0) is 198 Å². The summed E-state index contributed by atoms with van der Waals surface area (Å²) in [6.45, 7) is 2.92. The highest BCUT2D eigenvalue weighted by molar-refractivity contribution is 5.86. The predicted molar refractivity (Wildman–Crippen MR) is 298 cm³/mol. The van der Waals surface area contributed by atoms with E-state index < -0.39 is 68.4 Å². The zero-order valence-electron chi connectivity index (χ0n) is 47.1. The Bertz CT molecular complexity index is 2850. The Hall–Kier alpha value is -3.40. The van der Waals surface area contributed by atoms with Gasteiger partial charge in [0.25, 0.3) is 0 Å². The molecule has 10 nitrogen and oxygen atoms in total. The number of aliphatic hydroxyl groups is 5. The van der Waals surface area contributed by atoms with Crippen molar-refractivity contribution in [3.05, 3.63) is 82.4 Å². The first-order valence-corrected chi connectivity index (χ1v) is 32.1. The Labute approximate surface area is 469 Å². The Kier molecular flexibility index (Phi) is 12.3. The van der Waals surface area contributed by atoms with Crippen LogP contribution in [-0.4, -0.2) is 92.6 Å². The molecule has 22 atom stereocenters. The van der Waals surface area contributed by atoms with E-state index >= 15 is 15.0 Å². The average Bonchev–Trinajstić information content (AvgIpc) is 2.13. The number of carbonyl (C=O) groups is 2. The molecule has 424 valence electrons. The number of likely N-dealkylation sites (N-methyl/N-ethyl adjacent to an activating group) is 1. The van der Waals surface area contributed by atoms with E-state index in [2.05, 4.69) is 60.5 Å². The van der Waals surface area contributed by atoms with Crippen LogP contribution in [0.4, 0.5) is 0 Å². The van der Waals surface area contributed by atoms with Gasteiger partial charge in [0.1, 0.15) is 23.6 Å². The fourth-order valence-corrected chi connectivity index (χ4v) is 24.6. The van der Waals surface area contributed by atoms with Gasteiger partial charge in [0.2, 0.25) is 0 Å². The van der Waals surface area contributed by atoms with Crippen LogP contribution in [0.2, 0.25) is 0 Å². The standard InChI is InChI=1S/C69H89NO9/c1-40(41-11-6-7-12-41)44-17-20-54-62-66(49(23-28-78-62)30-47-29-45(18-19-53(47)66)42-13-4-3-5-14-42)38-65(39-72)57-22-27-64-37-63(24-8-9-25-63)26-21-43-15-10-16-46(36-71)50(43)33-56(70-2)51-31-48(59(64)52-34-58(73)79-60(51)52)35-67(64,75)69(57,77)61(74)55(32-44)68(54,65)76/h3-5,10,13-16,34,39-41,44-45,47-49,51,53-57,59-62,70-71,74-77H,6-9,11-12,17-20,22-25,27-33,35-38H2,1-2H3. The summed E-state index contributed by atoms with van der Waals surface area (Å²) in [6.07, 6.45) is 19.2. The lowest BCUT2D eigenvalue weighted by molar-refractivity contribution is -0.392. The Morgan fingerprint density at radius 3 is 2.38 bits per heavy atom. The molecule has 2 aromatic rings. The molecule has 10 heteroatoms. The van der Waals surface area contributed by atoms with Crippen molar-refractivity contribution in [3.8, 4) is 11.8 Å². The van der Waals surface area contributed by atoms with Crippen LogP contribution in [0.25, 0.3) is 0 Å². The van der Waals surface area contributed by atoms with E-state index in [-0.39, 0.29) is 60.7 Å². The van der Waals surface area contributed by atoms with Crippen LogP contribution in [0.15, 0.2) is 60.2 Å². The fraction of sp³-hybridized carbons (Fsp3) is 0.739. The number of aliphatic hydroxyl groups excluding tert-OH is 2. The highest BCUT2D eigenvalue weighted by Gasteiger charge is 2.88. The first-order chi connectivity index (χ1) is 38.2. The molecule has 0 aromatic heterocycles. The highest BCUT2D eigenvalue weighted by Crippen LogP contribution is 2.82. The van der Waals surface area contributed by atoms with E-state index in [0.717, 1.165) is 92.8 Å². The third-order valence-electron chi connectivity index (χ3n) is 27.5. The number of esters is 1. The molecule has 22 unspecified atom stereocenters. The maximum atomic E-state index is 15.7. The topological polar surface area (TPSA) is 166 Å². The van der Waals surface area contributed by atoms with Crippen molar-refractivity contribution in [2.75, 3.05) is 13.7 Å². The van der Waals surface area contributed by atoms with Gasteiger partial charge in [0, 0.05) is 64.2 Å². The van der Waals surface area contributed by atoms with Gasteiger partial charge < -0.3 is 45.1 Å². The van der Waals surface area contributed by atoms with Crippen molar-refractivity contribution in [2.45, 2.75) is 208 Å². The fourth-order valence-electron chi connectivity index (χ4n) is 24.6. The number of hydrogen-bond acceptors (Lipinski definition) is 10. The predicted octanol–water partition coefficient (Wildman–Crippen LogP) is 9.54. The second-order valence-electron chi connectivity index (χ2n) is 29.6. The molecule has 14 aliphatic rings. The summed E-state index contributed by atoms with van der Waals surface area (Å²) in [5, 5.41) is 74.3. The lowest BCUT2D eigenvalue weighted by atomic mass is 9.31. The van der Waals surface area contributed by atoms with Crippen molar-refractivity contribution in [1.29, 1.82) is 0 Å². The molecular formula is C69H89NO9. The molecule has 2 heterocycles. The SMILES string of the molecule is CNC1Cc2c(cccc2CO)C#CC2(CCCC2)CC23CCC4C5(C=O)CC67C(CCOC6C6CCC(C(C)C8CCCC8)CC(C(O)C4(O)C2(O)CC2CC1C1OC(=O)C=C1C23)C65O)CC1CC(c2ccccc2)CCC17. The number of nitrogens with one attached hydrogen (secondary N) is 1. The number of benzene rings is 2. The van der Waals surface area contributed by atoms with Crippen molar-refractivity contribution in [3.63, 3.8) is 0 Å². The van der Waals surface area contributed by atoms with Gasteiger partial charge in [-0.25, -0.2) is 4.79 Å². The molecule has 16 rings (SSSR count). The van der Waals surface area contributed by atoms with E-state index in [1.165, 1.54) is 31.2 Å². The van der Waals surface area contributed by atoms with Gasteiger partial charge in [0.15, 0.2) is 0 Å². The molecule has 2 aromatic carbocycles. The van der Waals surface area contributed by atoms with E-state index in [0.29, 0.717) is 87.6 Å². The number of hydrogen-bond donors (Lipinski definition) is 6. The summed E-state index contributed by atoms with van der Waals surface area (Å²) >= 11 is 0. The van der Waals surface area contributed by atoms with Crippen LogP contribution in [0.1, 0.15) is 176 Å². The van der Waals surface area contributed by atoms with Gasteiger partial charge in [-0.1, -0.05) is 99.8 Å². The number of carbonyl (C=O) groups excluding carboxylic acids is 2. The van der Waals surface area contributed by atoms with Crippen LogP contribution >= 0.6 is 0 Å². The molecule has 3 spiro atoms. The first kappa shape index (κ1) is 52.4. The van der Waals surface area contributed by atoms with Gasteiger partial charge >= 0.3 is 5.97 Å². The van der Waals surface area contributed by atoms with Crippen LogP contribution in [0.3, 0.4) is 0 Å². The Balaban J connectivity index is 0.928. The molecule has 1 saturated heterocycles. The summed E-state index contributed by atoms with van der Waals surface area (Å²) < 4.78 is 13.9. The lowest BCUT2D eigenvalue weighted by Gasteiger charge is -2.76. The third kappa shape index (κ3) is 6.85. The van der Waals surface area contributed by atoms with Crippen molar-refractivity contribution in [1.82, 2.24) is 5.32 Å². The van der Waals surface area contributed by atoms with E-state index in [1.807, 2.05) is 19.2 Å². The number of rotatable bonds is 6. The van der Waals surface area contributed by atoms with Crippen LogP contribution in [0, 0.1) is 105 Å². The molecule has 6 N–H and O–H groups in total. The quantitative estimate of drug-likeness (QED) is 0.0933. The van der Waals surface area contributed by atoms with E-state index in [1.54, 1.807) is 6.08 Å². The maximum Gasteiger partial charge on any atom is 0.331 e. The van der Waals surface area contributed by atoms with Crippen molar-refractivity contribution >= 4 is 12.3 Å². The summed E-state index contributed by atoms with van der Waals surface area (Å²) in [5.74, 6) is 6.85. The molecule has 0 amide bonds. The Morgan fingerprint density at radius 2 is 1.61 bits per heavy atom. The van der Waals surface area contributed by atoms with Crippen LogP contribution in [0.5, 0.6) is 0 Å². The second kappa shape index (κ2) is 18.5. The normalized spacial score (nSPS) is 49.2. The summed E-state index contributed by atoms with van der Waals surface area (Å²) in [7, 11) is 1.96. The molecule has 79 heavy (non-hydrogen) atoms. The minimum absolute atomic E-state index is 0.117. The highest BCUT2D eigenvalue weighted by atomic mass is 16.5. The van der Waals surface area contributed by atoms with Gasteiger partial charge in [0.05, 0.1) is 29.8 Å². The molecule has 4 bridgehead atoms. The largest absolute Gasteiger partial charge is 0.454 e. The van der Waals surface area contributed by atoms with Gasteiger partial charge in [-0.3, -0.25) is 0 Å². The lowest BCUT2D eigenvalue weighted by Crippen LogP contribution is -2.87. The third-order valence-corrected chi connectivity index (χ3v) is 27.5. The molecule has 12 aliphatic carbocycles. The zero-order valence-corrected chi connectivity index (χ0v) is 47.1. The summed E-state index contributed by atoms with van der Waals surface area (Å²) in [4.78, 5) is 29.8. The zero-order chi connectivity index (χ0) is 54.1. The molecule has 11 fully saturated rings. The monoisotopic (exact) mass is 1080 g/mol. The first-order valence-electron chi connectivity index (χ1n) is 32.1. The number of fused-ring (bicyclic) bond motifs is 6. The van der Waals surface area contributed by atoms with Gasteiger partial charge in [-0.15, -0.1) is 0 Å². The maximum absolute atomic E-state index is 15.7. The molecule has 0 radical (unpaired) electrons. The molecule has 2 aliphatic heterocycles. The number of aldehydes is 1. The second-order valence-corrected chi connectivity index (χ2v) is 29.6. The van der Waals surface area contributed by atoms with Gasteiger partial charge in [-0.2, -0.15) is 0 Å². The molecule has 10 saturated carbocycles. The molecular weight excluding hydrogens is 987 g/mol. The minimum atomic E-state index is -2.20. The number of ether oxygens (including phenoxy) is 2. The Morgan fingerprint density at radius 1 is 0.810 bits per heavy atom. The van der Waals surface area contributed by atoms with Crippen LogP contribution in [-0.2, 0) is 32.1 Å². The average molecular weight is 1080 g/mol. The summed E-state index contributed by atoms with van der Waals surface area (Å²) in [6, 6.07) is 16.9. The van der Waals surface area contributed by atoms with E-state index in [4.69, 9.17) is 9.47 Å². The van der Waals surface area contributed by atoms with Crippen LogP contribution < -0.4 is 5.32 Å². The summed E-state index contributed by atoms with van der Waals surface area (Å²) in [5.41, 5.74) is -4.30. The van der Waals surface area contributed by atoms with E-state index in [9.17, 15) is 20.1 Å².